The molecule has 0 rings (SSSR count). The third-order valence-corrected chi connectivity index (χ3v) is 12.4. The summed E-state index contributed by atoms with van der Waals surface area (Å²) in [5.74, 6) is -0.595. The Morgan fingerprint density at radius 2 is 0.695 bits per heavy atom. The van der Waals surface area contributed by atoms with Crippen LogP contribution in [-0.4, -0.2) is 57.3 Å². The van der Waals surface area contributed by atoms with Gasteiger partial charge in [0, 0.05) is 0 Å². The van der Waals surface area contributed by atoms with Gasteiger partial charge in [0.25, 0.3) is 0 Å². The third kappa shape index (κ3) is 41.9. The molecule has 0 aromatic rings. The number of amides is 1. The summed E-state index contributed by atoms with van der Waals surface area (Å²) in [5.41, 5.74) is 0. The molecule has 0 aromatic heterocycles. The van der Waals surface area contributed by atoms with E-state index in [-0.39, 0.29) is 0 Å². The number of hydrogen-bond donors (Lipinski definition) is 5. The van der Waals surface area contributed by atoms with E-state index < -0.39 is 36.9 Å². The molecule has 350 valence electrons. The summed E-state index contributed by atoms with van der Waals surface area (Å²) in [5, 5.41) is 43.9. The van der Waals surface area contributed by atoms with Crippen molar-refractivity contribution in [2.24, 2.45) is 0 Å². The molecule has 0 aliphatic rings. The lowest BCUT2D eigenvalue weighted by Gasteiger charge is -2.27. The Hall–Kier alpha value is -1.21. The molecule has 6 heteroatoms. The van der Waals surface area contributed by atoms with Crippen molar-refractivity contribution in [2.45, 2.75) is 301 Å². The summed E-state index contributed by atoms with van der Waals surface area (Å²) in [7, 11) is 0. The second kappa shape index (κ2) is 47.8. The molecule has 1 amide bonds. The first kappa shape index (κ1) is 57.8. The number of carbonyl (C=O) groups excluding carboxylic acids is 1. The summed E-state index contributed by atoms with van der Waals surface area (Å²) in [6.45, 7) is 4.07. The van der Waals surface area contributed by atoms with E-state index in [0.29, 0.717) is 12.8 Å². The van der Waals surface area contributed by atoms with Crippen LogP contribution in [0.15, 0.2) is 24.3 Å². The minimum absolute atomic E-state index is 0.357. The Morgan fingerprint density at radius 3 is 1.02 bits per heavy atom. The molecule has 0 saturated heterocycles. The Labute approximate surface area is 367 Å². The Bertz CT molecular complexity index is 893. The van der Waals surface area contributed by atoms with Crippen molar-refractivity contribution in [3.63, 3.8) is 0 Å². The fraction of sp³-hybridized carbons (Fsp3) is 0.906. The van der Waals surface area contributed by atoms with Crippen molar-refractivity contribution in [3.8, 4) is 0 Å². The van der Waals surface area contributed by atoms with E-state index in [2.05, 4.69) is 43.5 Å². The van der Waals surface area contributed by atoms with Crippen molar-refractivity contribution in [2.75, 3.05) is 6.61 Å². The summed E-state index contributed by atoms with van der Waals surface area (Å²) >= 11 is 0. The van der Waals surface area contributed by atoms with Gasteiger partial charge < -0.3 is 25.7 Å². The van der Waals surface area contributed by atoms with Gasteiger partial charge in [-0.15, -0.1) is 0 Å². The van der Waals surface area contributed by atoms with Crippen LogP contribution in [0, 0.1) is 0 Å². The number of rotatable bonds is 48. The van der Waals surface area contributed by atoms with Crippen LogP contribution in [0.2, 0.25) is 0 Å². The quantitative estimate of drug-likeness (QED) is 0.0310. The number of aliphatic hydroxyl groups excluding tert-OH is 4. The monoisotopic (exact) mass is 834 g/mol. The van der Waals surface area contributed by atoms with Crippen molar-refractivity contribution in [1.82, 2.24) is 5.32 Å². The smallest absolute Gasteiger partial charge is 0.249 e. The van der Waals surface area contributed by atoms with Crippen molar-refractivity contribution in [1.29, 1.82) is 0 Å². The lowest BCUT2D eigenvalue weighted by atomic mass is 10.00. The molecule has 0 fully saturated rings. The van der Waals surface area contributed by atoms with Crippen LogP contribution in [-0.2, 0) is 4.79 Å². The van der Waals surface area contributed by atoms with Gasteiger partial charge in [0.1, 0.15) is 12.2 Å². The van der Waals surface area contributed by atoms with Crippen LogP contribution in [0.3, 0.4) is 0 Å². The Kier molecular flexibility index (Phi) is 46.9. The van der Waals surface area contributed by atoms with Crippen LogP contribution >= 0.6 is 0 Å². The van der Waals surface area contributed by atoms with Gasteiger partial charge in [-0.25, -0.2) is 0 Å². The topological polar surface area (TPSA) is 110 Å². The fourth-order valence-electron chi connectivity index (χ4n) is 8.22. The van der Waals surface area contributed by atoms with Gasteiger partial charge >= 0.3 is 0 Å². The molecule has 0 heterocycles. The molecule has 0 radical (unpaired) electrons. The average molecular weight is 834 g/mol. The van der Waals surface area contributed by atoms with E-state index in [1.807, 2.05) is 0 Å². The van der Waals surface area contributed by atoms with Gasteiger partial charge in [-0.2, -0.15) is 0 Å². The zero-order valence-electron chi connectivity index (χ0n) is 39.5. The third-order valence-electron chi connectivity index (χ3n) is 12.4. The van der Waals surface area contributed by atoms with E-state index >= 15 is 0 Å². The minimum Gasteiger partial charge on any atom is -0.394 e. The molecule has 0 bridgehead atoms. The number of nitrogens with one attached hydrogen (secondary N) is 1. The van der Waals surface area contributed by atoms with Crippen LogP contribution in [0.25, 0.3) is 0 Å². The van der Waals surface area contributed by atoms with Crippen LogP contribution in [0.4, 0.5) is 0 Å². The predicted molar refractivity (Wildman–Crippen MR) is 256 cm³/mol. The van der Waals surface area contributed by atoms with Crippen LogP contribution in [0.1, 0.15) is 277 Å². The summed E-state index contributed by atoms with van der Waals surface area (Å²) < 4.78 is 0. The van der Waals surface area contributed by atoms with Gasteiger partial charge in [-0.3, -0.25) is 4.79 Å². The lowest BCUT2D eigenvalue weighted by Crippen LogP contribution is -2.53. The fourth-order valence-corrected chi connectivity index (χ4v) is 8.22. The molecule has 4 unspecified atom stereocenters. The molecule has 4 atom stereocenters. The summed E-state index contributed by atoms with van der Waals surface area (Å²) in [6.07, 6.45) is 56.6. The molecule has 0 aliphatic heterocycles. The number of unbranched alkanes of at least 4 members (excludes halogenated alkanes) is 35. The molecular weight excluding hydrogens is 731 g/mol. The maximum absolute atomic E-state index is 12.6. The van der Waals surface area contributed by atoms with E-state index in [1.54, 1.807) is 0 Å². The normalized spacial score (nSPS) is 14.1. The van der Waals surface area contributed by atoms with E-state index in [9.17, 15) is 25.2 Å². The lowest BCUT2D eigenvalue weighted by molar-refractivity contribution is -0.132. The Morgan fingerprint density at radius 1 is 0.407 bits per heavy atom. The zero-order chi connectivity index (χ0) is 43.1. The second-order valence-electron chi connectivity index (χ2n) is 18.2. The molecule has 0 aliphatic carbocycles. The van der Waals surface area contributed by atoms with Crippen molar-refractivity contribution in [3.05, 3.63) is 24.3 Å². The van der Waals surface area contributed by atoms with Gasteiger partial charge in [0.2, 0.25) is 5.91 Å². The van der Waals surface area contributed by atoms with Gasteiger partial charge in [-0.1, -0.05) is 237 Å². The Balaban J connectivity index is 3.70. The first-order chi connectivity index (χ1) is 29.0. The number of carbonyl (C=O) groups is 1. The highest BCUT2D eigenvalue weighted by Crippen LogP contribution is 2.17. The van der Waals surface area contributed by atoms with Gasteiger partial charge in [0.05, 0.1) is 18.8 Å². The zero-order valence-corrected chi connectivity index (χ0v) is 39.5. The first-order valence-electron chi connectivity index (χ1n) is 26.2. The SMILES string of the molecule is CCCCCCCCCCCCCC/C=C\CCCCCCCCC(O)C(=O)NC(CO)C(O)C(O)CCC/C=C/CCCCCCCCCCCCCCCCCC. The molecular formula is C53H103NO5. The van der Waals surface area contributed by atoms with E-state index in [1.165, 1.54) is 205 Å². The van der Waals surface area contributed by atoms with E-state index in [0.717, 1.165) is 44.9 Å². The largest absolute Gasteiger partial charge is 0.394 e. The maximum Gasteiger partial charge on any atom is 0.249 e. The first-order valence-corrected chi connectivity index (χ1v) is 26.2. The number of aliphatic hydroxyl groups is 4. The van der Waals surface area contributed by atoms with Gasteiger partial charge in [0.15, 0.2) is 0 Å². The maximum atomic E-state index is 12.6. The van der Waals surface area contributed by atoms with Crippen molar-refractivity contribution < 1.29 is 25.2 Å². The minimum atomic E-state index is -1.28. The van der Waals surface area contributed by atoms with Crippen LogP contribution in [0.5, 0.6) is 0 Å². The molecule has 0 saturated carbocycles. The van der Waals surface area contributed by atoms with Gasteiger partial charge in [-0.05, 0) is 64.2 Å². The number of hydrogen-bond acceptors (Lipinski definition) is 5. The molecule has 5 N–H and O–H groups in total. The second-order valence-corrected chi connectivity index (χ2v) is 18.2. The highest BCUT2D eigenvalue weighted by Gasteiger charge is 2.28. The van der Waals surface area contributed by atoms with Crippen molar-refractivity contribution >= 4 is 5.91 Å². The summed E-state index contributed by atoms with van der Waals surface area (Å²) in [6, 6.07) is -1.00. The highest BCUT2D eigenvalue weighted by atomic mass is 16.3. The standard InChI is InChI=1S/C53H103NO5/c1-3-5-7-9-11-13-15-17-19-21-23-25-27-29-31-33-35-37-39-41-43-45-47-51(57)53(59)54-49(48-55)52(58)50(56)46-44-42-40-38-36-34-32-30-28-26-24-22-20-18-16-14-12-10-8-6-4-2/h29,31,38,40,49-52,55-58H,3-28,30,32-37,39,41-48H2,1-2H3,(H,54,59)/b31-29-,40-38+. The molecule has 6 nitrogen and oxygen atoms in total. The predicted octanol–water partition coefficient (Wildman–Crippen LogP) is 14.7. The highest BCUT2D eigenvalue weighted by molar-refractivity contribution is 5.80. The average Bonchev–Trinajstić information content (AvgIpc) is 3.24. The molecule has 0 spiro atoms. The summed E-state index contributed by atoms with van der Waals surface area (Å²) in [4.78, 5) is 12.6. The molecule has 0 aromatic carbocycles. The molecule has 59 heavy (non-hydrogen) atoms. The van der Waals surface area contributed by atoms with E-state index in [4.69, 9.17) is 0 Å². The van der Waals surface area contributed by atoms with Crippen LogP contribution < -0.4 is 5.32 Å². The number of allylic oxidation sites excluding steroid dienone is 4.